The molecule has 0 N–H and O–H groups in total. The first-order chi connectivity index (χ1) is 12.7. The number of rotatable bonds is 5. The van der Waals surface area contributed by atoms with Crippen molar-refractivity contribution < 1.29 is 14.3 Å². The van der Waals surface area contributed by atoms with Crippen LogP contribution in [-0.4, -0.2) is 38.0 Å². The topological polar surface area (TPSA) is 38.8 Å². The van der Waals surface area contributed by atoms with Crippen molar-refractivity contribution in [1.29, 1.82) is 0 Å². The summed E-state index contributed by atoms with van der Waals surface area (Å²) in [4.78, 5) is 14.8. The molecule has 0 fully saturated rings. The van der Waals surface area contributed by atoms with Gasteiger partial charge in [0.25, 0.3) is 0 Å². The number of ether oxygens (including phenoxy) is 2. The molecular weight excluding hydrogens is 326 g/mol. The van der Waals surface area contributed by atoms with E-state index in [4.69, 9.17) is 9.47 Å². The van der Waals surface area contributed by atoms with E-state index in [1.165, 1.54) is 5.56 Å². The lowest BCUT2D eigenvalue weighted by molar-refractivity contribution is -0.112. The minimum atomic E-state index is 0.150. The van der Waals surface area contributed by atoms with Gasteiger partial charge in [0.2, 0.25) is 0 Å². The first-order valence-electron chi connectivity index (χ1n) is 8.95. The zero-order valence-electron chi connectivity index (χ0n) is 15.2. The summed E-state index contributed by atoms with van der Waals surface area (Å²) in [6.07, 6.45) is 0.468. The molecular formula is C22H23NO3. The number of hydrogen-bond donors (Lipinski definition) is 0. The summed E-state index contributed by atoms with van der Waals surface area (Å²) in [5.41, 5.74) is 6.30. The lowest BCUT2D eigenvalue weighted by Crippen LogP contribution is -2.22. The number of carbonyl (C=O) groups excluding carboxylic acids is 1. The van der Waals surface area contributed by atoms with Crippen molar-refractivity contribution in [2.45, 2.75) is 19.6 Å². The molecule has 1 aliphatic heterocycles. The van der Waals surface area contributed by atoms with Gasteiger partial charge in [0.1, 0.15) is 12.4 Å². The minimum Gasteiger partial charge on any atom is -0.487 e. The van der Waals surface area contributed by atoms with E-state index in [0.717, 1.165) is 53.3 Å². The lowest BCUT2D eigenvalue weighted by atomic mass is 9.99. The Hall–Kier alpha value is -2.43. The van der Waals surface area contributed by atoms with Crippen molar-refractivity contribution in [2.24, 2.45) is 0 Å². The fourth-order valence-corrected chi connectivity index (χ4v) is 3.74. The van der Waals surface area contributed by atoms with Gasteiger partial charge in [-0.2, -0.15) is 0 Å². The van der Waals surface area contributed by atoms with Crippen LogP contribution in [-0.2, 0) is 33.8 Å². The maximum atomic E-state index is 12.6. The van der Waals surface area contributed by atoms with E-state index in [1.54, 1.807) is 7.11 Å². The standard InChI is InChI=1S/C22H23NO3/c1-23(9-10-25-2)13-15-7-8-19-17(11-15)14-26-22(19)21-18-6-4-3-5-16(18)12-20(21)24/h3-8,11H,9-10,12-14H2,1-2H3/b22-21+. The average Bonchev–Trinajstić information content (AvgIpc) is 3.19. The van der Waals surface area contributed by atoms with Crippen LogP contribution in [0, 0.1) is 0 Å². The first kappa shape index (κ1) is 17.0. The third-order valence-electron chi connectivity index (χ3n) is 5.06. The van der Waals surface area contributed by atoms with E-state index in [0.29, 0.717) is 13.0 Å². The molecule has 26 heavy (non-hydrogen) atoms. The molecule has 2 aliphatic rings. The molecule has 0 unspecified atom stereocenters. The molecule has 0 atom stereocenters. The normalized spacial score (nSPS) is 18.2. The molecule has 0 bridgehead atoms. The third kappa shape index (κ3) is 3.06. The van der Waals surface area contributed by atoms with Gasteiger partial charge in [0.15, 0.2) is 5.78 Å². The van der Waals surface area contributed by atoms with E-state index in [1.807, 2.05) is 24.3 Å². The second-order valence-corrected chi connectivity index (χ2v) is 6.97. The van der Waals surface area contributed by atoms with Crippen LogP contribution in [0.5, 0.6) is 0 Å². The average molecular weight is 349 g/mol. The Balaban J connectivity index is 1.64. The van der Waals surface area contributed by atoms with Crippen molar-refractivity contribution in [3.8, 4) is 0 Å². The monoisotopic (exact) mass is 349 g/mol. The second-order valence-electron chi connectivity index (χ2n) is 6.97. The Morgan fingerprint density at radius 1 is 1.12 bits per heavy atom. The summed E-state index contributed by atoms with van der Waals surface area (Å²) < 4.78 is 11.1. The van der Waals surface area contributed by atoms with Crippen LogP contribution in [0.4, 0.5) is 0 Å². The van der Waals surface area contributed by atoms with Gasteiger partial charge >= 0.3 is 0 Å². The van der Waals surface area contributed by atoms with Crippen molar-refractivity contribution in [3.05, 3.63) is 70.3 Å². The van der Waals surface area contributed by atoms with Gasteiger partial charge in [-0.3, -0.25) is 9.69 Å². The maximum absolute atomic E-state index is 12.6. The van der Waals surface area contributed by atoms with E-state index in [2.05, 4.69) is 30.1 Å². The number of ketones is 1. The Kier molecular flexibility index (Phi) is 4.62. The number of allylic oxidation sites excluding steroid dienone is 1. The van der Waals surface area contributed by atoms with Crippen LogP contribution in [0.1, 0.15) is 27.8 Å². The van der Waals surface area contributed by atoms with Crippen molar-refractivity contribution >= 4 is 17.1 Å². The van der Waals surface area contributed by atoms with Gasteiger partial charge in [-0.1, -0.05) is 42.5 Å². The number of carbonyl (C=O) groups is 1. The van der Waals surface area contributed by atoms with Gasteiger partial charge in [-0.25, -0.2) is 0 Å². The van der Waals surface area contributed by atoms with Crippen molar-refractivity contribution in [2.75, 3.05) is 27.3 Å². The second kappa shape index (κ2) is 7.06. The Morgan fingerprint density at radius 3 is 2.81 bits per heavy atom. The number of likely N-dealkylation sites (N-methyl/N-ethyl adjacent to an activating group) is 1. The molecule has 0 saturated heterocycles. The predicted octanol–water partition coefficient (Wildman–Crippen LogP) is 3.29. The van der Waals surface area contributed by atoms with Crippen molar-refractivity contribution in [1.82, 2.24) is 4.90 Å². The zero-order chi connectivity index (χ0) is 18.1. The highest BCUT2D eigenvalue weighted by molar-refractivity contribution is 6.31. The molecule has 1 aliphatic carbocycles. The molecule has 2 aromatic rings. The summed E-state index contributed by atoms with van der Waals surface area (Å²) in [6.45, 7) is 3.01. The highest BCUT2D eigenvalue weighted by atomic mass is 16.5. The van der Waals surface area contributed by atoms with Crippen molar-refractivity contribution in [3.63, 3.8) is 0 Å². The van der Waals surface area contributed by atoms with Gasteiger partial charge < -0.3 is 9.47 Å². The van der Waals surface area contributed by atoms with E-state index in [-0.39, 0.29) is 5.78 Å². The molecule has 0 aromatic heterocycles. The number of fused-ring (bicyclic) bond motifs is 2. The van der Waals surface area contributed by atoms with Gasteiger partial charge in [-0.15, -0.1) is 0 Å². The largest absolute Gasteiger partial charge is 0.487 e. The van der Waals surface area contributed by atoms with Crippen LogP contribution in [0.3, 0.4) is 0 Å². The van der Waals surface area contributed by atoms with Gasteiger partial charge in [-0.05, 0) is 23.7 Å². The smallest absolute Gasteiger partial charge is 0.171 e. The molecule has 4 rings (SSSR count). The van der Waals surface area contributed by atoms with Gasteiger partial charge in [0, 0.05) is 37.7 Å². The van der Waals surface area contributed by atoms with E-state index >= 15 is 0 Å². The van der Waals surface area contributed by atoms with E-state index in [9.17, 15) is 4.79 Å². The van der Waals surface area contributed by atoms with Crippen LogP contribution in [0.15, 0.2) is 42.5 Å². The number of hydrogen-bond acceptors (Lipinski definition) is 4. The summed E-state index contributed by atoms with van der Waals surface area (Å²) in [5.74, 6) is 0.895. The van der Waals surface area contributed by atoms with Crippen LogP contribution >= 0.6 is 0 Å². The molecule has 2 aromatic carbocycles. The van der Waals surface area contributed by atoms with Crippen LogP contribution in [0.2, 0.25) is 0 Å². The summed E-state index contributed by atoms with van der Waals surface area (Å²) in [7, 11) is 3.81. The fourth-order valence-electron chi connectivity index (χ4n) is 3.74. The third-order valence-corrected chi connectivity index (χ3v) is 5.06. The Labute approximate surface area is 154 Å². The number of Topliss-reactive ketones (excluding diaryl/α,β-unsaturated/α-hetero) is 1. The SMILES string of the molecule is COCCN(C)Cc1ccc2c(c1)CO/C2=C1/C(=O)Cc2ccccc21. The number of nitrogens with zero attached hydrogens (tertiary/aromatic N) is 1. The van der Waals surface area contributed by atoms with E-state index < -0.39 is 0 Å². The highest BCUT2D eigenvalue weighted by Gasteiger charge is 2.32. The molecule has 0 saturated carbocycles. The lowest BCUT2D eigenvalue weighted by Gasteiger charge is -2.16. The Morgan fingerprint density at radius 2 is 1.96 bits per heavy atom. The molecule has 4 heteroatoms. The quantitative estimate of drug-likeness (QED) is 0.777. The maximum Gasteiger partial charge on any atom is 0.171 e. The molecule has 134 valence electrons. The molecule has 0 spiro atoms. The number of methoxy groups -OCH3 is 1. The van der Waals surface area contributed by atoms with Crippen LogP contribution < -0.4 is 0 Å². The molecule has 0 radical (unpaired) electrons. The fraction of sp³-hybridized carbons (Fsp3) is 0.318. The molecule has 0 amide bonds. The van der Waals surface area contributed by atoms with Crippen LogP contribution in [0.25, 0.3) is 11.3 Å². The first-order valence-corrected chi connectivity index (χ1v) is 8.95. The zero-order valence-corrected chi connectivity index (χ0v) is 15.2. The summed E-state index contributed by atoms with van der Waals surface area (Å²) in [6, 6.07) is 14.4. The number of benzene rings is 2. The molecule has 1 heterocycles. The minimum absolute atomic E-state index is 0.150. The summed E-state index contributed by atoms with van der Waals surface area (Å²) in [5, 5.41) is 0. The highest BCUT2D eigenvalue weighted by Crippen LogP contribution is 2.40. The summed E-state index contributed by atoms with van der Waals surface area (Å²) >= 11 is 0. The molecule has 4 nitrogen and oxygen atoms in total. The Bertz CT molecular complexity index is 885. The van der Waals surface area contributed by atoms with Gasteiger partial charge in [0.05, 0.1) is 12.2 Å². The predicted molar refractivity (Wildman–Crippen MR) is 101 cm³/mol.